The minimum atomic E-state index is -4.02. The number of aliphatic hydroxyl groups is 1. The fourth-order valence-corrected chi connectivity index (χ4v) is 3.55. The smallest absolute Gasteiger partial charge is 0.264 e. The summed E-state index contributed by atoms with van der Waals surface area (Å²) in [5, 5.41) is 8.92. The highest BCUT2D eigenvalue weighted by atomic mass is 32.2. The zero-order chi connectivity index (χ0) is 15.5. The molecule has 4 nitrogen and oxygen atoms in total. The molecule has 0 aliphatic rings. The summed E-state index contributed by atoms with van der Waals surface area (Å²) in [6.07, 6.45) is 1.82. The molecule has 0 atom stereocenters. The number of thioether (sulfide) groups is 1. The molecule has 0 bridgehead atoms. The molecular weight excluding hydrogens is 313 g/mol. The molecule has 2 aromatic rings. The van der Waals surface area contributed by atoms with Gasteiger partial charge < -0.3 is 5.11 Å². The normalized spacial score (nSPS) is 11.4. The number of hydrogen-bond acceptors (Lipinski definition) is 4. The molecule has 0 spiro atoms. The van der Waals surface area contributed by atoms with Gasteiger partial charge in [0.15, 0.2) is 0 Å². The van der Waals surface area contributed by atoms with Crippen molar-refractivity contribution in [2.24, 2.45) is 0 Å². The molecule has 0 fully saturated rings. The first kappa shape index (κ1) is 15.8. The van der Waals surface area contributed by atoms with E-state index >= 15 is 0 Å². The number of anilines is 1. The van der Waals surface area contributed by atoms with Gasteiger partial charge in [-0.25, -0.2) is 12.8 Å². The van der Waals surface area contributed by atoms with Crippen molar-refractivity contribution in [3.8, 4) is 0 Å². The molecule has 2 aromatic carbocycles. The Bertz CT molecular complexity index is 748. The number of hydrogen-bond donors (Lipinski definition) is 2. The fourth-order valence-electron chi connectivity index (χ4n) is 1.79. The Balaban J connectivity index is 2.39. The van der Waals surface area contributed by atoms with E-state index in [4.69, 9.17) is 5.11 Å². The number of rotatable bonds is 5. The van der Waals surface area contributed by atoms with Crippen LogP contribution in [0.25, 0.3) is 0 Å². The first-order valence-corrected chi connectivity index (χ1v) is 8.74. The van der Waals surface area contributed by atoms with Crippen LogP contribution in [0.15, 0.2) is 52.3 Å². The lowest BCUT2D eigenvalue weighted by Crippen LogP contribution is -2.15. The molecule has 0 aromatic heterocycles. The summed E-state index contributed by atoms with van der Waals surface area (Å²) in [4.78, 5) is 0.295. The van der Waals surface area contributed by atoms with E-state index in [9.17, 15) is 12.8 Å². The summed E-state index contributed by atoms with van der Waals surface area (Å²) in [5.41, 5.74) is 0.714. The predicted octanol–water partition coefficient (Wildman–Crippen LogP) is 2.84. The average Bonchev–Trinajstić information content (AvgIpc) is 2.47. The van der Waals surface area contributed by atoms with Gasteiger partial charge >= 0.3 is 0 Å². The summed E-state index contributed by atoms with van der Waals surface area (Å²) in [6, 6.07) is 10.4. The SMILES string of the molecule is CSc1ccccc1NS(=O)(=O)c1ccc(CO)cc1F. The molecule has 0 unspecified atom stereocenters. The van der Waals surface area contributed by atoms with Crippen molar-refractivity contribution in [1.29, 1.82) is 0 Å². The standard InChI is InChI=1S/C14H14FNO3S2/c1-20-13-5-3-2-4-12(13)16-21(18,19)14-7-6-10(9-17)8-11(14)15/h2-8,16-17H,9H2,1H3. The van der Waals surface area contributed by atoms with E-state index in [0.29, 0.717) is 11.3 Å². The quantitative estimate of drug-likeness (QED) is 0.829. The third-order valence-corrected chi connectivity index (χ3v) is 5.01. The molecule has 112 valence electrons. The highest BCUT2D eigenvalue weighted by molar-refractivity contribution is 7.99. The fraction of sp³-hybridized carbons (Fsp3) is 0.143. The molecule has 0 amide bonds. The molecule has 0 aliphatic carbocycles. The van der Waals surface area contributed by atoms with E-state index in [-0.39, 0.29) is 6.61 Å². The van der Waals surface area contributed by atoms with Crippen LogP contribution in [0.2, 0.25) is 0 Å². The Hall–Kier alpha value is -1.57. The van der Waals surface area contributed by atoms with Crippen LogP contribution >= 0.6 is 11.8 Å². The van der Waals surface area contributed by atoms with Crippen molar-refractivity contribution < 1.29 is 17.9 Å². The molecule has 2 N–H and O–H groups in total. The van der Waals surface area contributed by atoms with E-state index in [0.717, 1.165) is 17.0 Å². The molecule has 0 saturated heterocycles. The summed E-state index contributed by atoms with van der Waals surface area (Å²) < 4.78 is 40.8. The van der Waals surface area contributed by atoms with Gasteiger partial charge in [0.1, 0.15) is 10.7 Å². The van der Waals surface area contributed by atoms with Crippen LogP contribution in [0.3, 0.4) is 0 Å². The summed E-state index contributed by atoms with van der Waals surface area (Å²) in [6.45, 7) is -0.347. The topological polar surface area (TPSA) is 66.4 Å². The van der Waals surface area contributed by atoms with E-state index in [1.54, 1.807) is 24.3 Å². The zero-order valence-electron chi connectivity index (χ0n) is 11.2. The maximum absolute atomic E-state index is 13.9. The van der Waals surface area contributed by atoms with Gasteiger partial charge in [-0.1, -0.05) is 18.2 Å². The number of benzene rings is 2. The van der Waals surface area contributed by atoms with Gasteiger partial charge in [-0.2, -0.15) is 0 Å². The highest BCUT2D eigenvalue weighted by Gasteiger charge is 2.20. The summed E-state index contributed by atoms with van der Waals surface area (Å²) in [5.74, 6) is -0.893. The lowest BCUT2D eigenvalue weighted by molar-refractivity contribution is 0.281. The van der Waals surface area contributed by atoms with Gasteiger partial charge in [-0.3, -0.25) is 4.72 Å². The first-order chi connectivity index (χ1) is 9.97. The van der Waals surface area contributed by atoms with Crippen LogP contribution < -0.4 is 4.72 Å². The van der Waals surface area contributed by atoms with Crippen molar-refractivity contribution >= 4 is 27.5 Å². The van der Waals surface area contributed by atoms with Gasteiger partial charge in [0.25, 0.3) is 10.0 Å². The van der Waals surface area contributed by atoms with Crippen LogP contribution in [0.1, 0.15) is 5.56 Å². The van der Waals surface area contributed by atoms with E-state index in [1.165, 1.54) is 17.8 Å². The molecular formula is C14H14FNO3S2. The summed E-state index contributed by atoms with van der Waals surface area (Å²) in [7, 11) is -4.02. The lowest BCUT2D eigenvalue weighted by atomic mass is 10.2. The van der Waals surface area contributed by atoms with Gasteiger partial charge in [-0.05, 0) is 36.1 Å². The van der Waals surface area contributed by atoms with E-state index in [2.05, 4.69) is 4.72 Å². The number of nitrogens with one attached hydrogen (secondary N) is 1. The minimum absolute atomic E-state index is 0.316. The molecule has 0 radical (unpaired) electrons. The second-order valence-electron chi connectivity index (χ2n) is 4.23. The minimum Gasteiger partial charge on any atom is -0.392 e. The number of halogens is 1. The summed E-state index contributed by atoms with van der Waals surface area (Å²) >= 11 is 1.39. The predicted molar refractivity (Wildman–Crippen MR) is 81.4 cm³/mol. The number of aliphatic hydroxyl groups excluding tert-OH is 1. The van der Waals surface area contributed by atoms with Gasteiger partial charge in [0, 0.05) is 4.90 Å². The monoisotopic (exact) mass is 327 g/mol. The van der Waals surface area contributed by atoms with Crippen molar-refractivity contribution in [1.82, 2.24) is 0 Å². The lowest BCUT2D eigenvalue weighted by Gasteiger charge is -2.12. The Morgan fingerprint density at radius 2 is 1.95 bits per heavy atom. The zero-order valence-corrected chi connectivity index (χ0v) is 12.8. The van der Waals surface area contributed by atoms with Crippen LogP contribution in [0.4, 0.5) is 10.1 Å². The van der Waals surface area contributed by atoms with Crippen LogP contribution in [-0.4, -0.2) is 19.8 Å². The van der Waals surface area contributed by atoms with Gasteiger partial charge in [0.05, 0.1) is 12.3 Å². The third-order valence-electron chi connectivity index (χ3n) is 2.82. The van der Waals surface area contributed by atoms with Gasteiger partial charge in [0.2, 0.25) is 0 Å². The molecule has 0 aliphatic heterocycles. The van der Waals surface area contributed by atoms with E-state index < -0.39 is 20.7 Å². The van der Waals surface area contributed by atoms with E-state index in [1.807, 2.05) is 6.26 Å². The Labute approximate surface area is 127 Å². The van der Waals surface area contributed by atoms with Crippen molar-refractivity contribution in [2.45, 2.75) is 16.4 Å². The molecule has 2 rings (SSSR count). The third kappa shape index (κ3) is 3.55. The van der Waals surface area contributed by atoms with Crippen molar-refractivity contribution in [2.75, 3.05) is 11.0 Å². The van der Waals surface area contributed by atoms with Crippen LogP contribution in [0.5, 0.6) is 0 Å². The Morgan fingerprint density at radius 1 is 1.24 bits per heavy atom. The maximum Gasteiger partial charge on any atom is 0.264 e. The maximum atomic E-state index is 13.9. The van der Waals surface area contributed by atoms with Crippen LogP contribution in [-0.2, 0) is 16.6 Å². The van der Waals surface area contributed by atoms with Crippen molar-refractivity contribution in [3.05, 3.63) is 53.8 Å². The first-order valence-electron chi connectivity index (χ1n) is 6.03. The second kappa shape index (κ2) is 6.46. The molecule has 0 heterocycles. The van der Waals surface area contributed by atoms with Gasteiger partial charge in [-0.15, -0.1) is 11.8 Å². The average molecular weight is 327 g/mol. The highest BCUT2D eigenvalue weighted by Crippen LogP contribution is 2.27. The molecule has 21 heavy (non-hydrogen) atoms. The molecule has 0 saturated carbocycles. The number of para-hydroxylation sites is 1. The number of sulfonamides is 1. The van der Waals surface area contributed by atoms with Crippen LogP contribution in [0, 0.1) is 5.82 Å². The van der Waals surface area contributed by atoms with Crippen molar-refractivity contribution in [3.63, 3.8) is 0 Å². The second-order valence-corrected chi connectivity index (χ2v) is 6.73. The largest absolute Gasteiger partial charge is 0.392 e. The molecule has 7 heteroatoms. The Kier molecular flexibility index (Phi) is 4.87. The Morgan fingerprint density at radius 3 is 2.57 bits per heavy atom.